The van der Waals surface area contributed by atoms with Gasteiger partial charge in [-0.3, -0.25) is 0 Å². The first-order valence-corrected chi connectivity index (χ1v) is 16.2. The SMILES string of the molecule is N#N.[Pd].c1ccc([PH+](c2ccccc2)c2ccccc2)cc1.c1ccc([PH+](c2ccccc2)c2ccccc2)cc1. The maximum atomic E-state index is 6.00. The predicted molar refractivity (Wildman–Crippen MR) is 177 cm³/mol. The molecule has 0 unspecified atom stereocenters. The van der Waals surface area contributed by atoms with Gasteiger partial charge in [-0.2, -0.15) is 0 Å². The Kier molecular flexibility index (Phi) is 13.8. The summed E-state index contributed by atoms with van der Waals surface area (Å²) in [5, 5.41) is 20.6. The maximum absolute atomic E-state index is 6.00. The first-order valence-electron chi connectivity index (χ1n) is 13.2. The molecule has 0 atom stereocenters. The molecule has 0 N–H and O–H groups in total. The van der Waals surface area contributed by atoms with E-state index in [0.29, 0.717) is 0 Å². The summed E-state index contributed by atoms with van der Waals surface area (Å²) in [6.45, 7) is 0. The Bertz CT molecular complexity index is 1230. The molecule has 0 aliphatic rings. The fourth-order valence-corrected chi connectivity index (χ4v) is 9.78. The van der Waals surface area contributed by atoms with E-state index in [0.717, 1.165) is 0 Å². The van der Waals surface area contributed by atoms with Crippen LogP contribution in [0.1, 0.15) is 0 Å². The second-order valence-corrected chi connectivity index (χ2v) is 13.9. The molecular formula is C36H32N2P2Pd+2. The Balaban J connectivity index is 0.000000208. The van der Waals surface area contributed by atoms with Crippen LogP contribution < -0.4 is 31.8 Å². The van der Waals surface area contributed by atoms with E-state index in [2.05, 4.69) is 182 Å². The molecule has 6 aromatic rings. The molecule has 0 bridgehead atoms. The van der Waals surface area contributed by atoms with Crippen LogP contribution in [0.25, 0.3) is 0 Å². The van der Waals surface area contributed by atoms with Crippen LogP contribution in [-0.2, 0) is 20.4 Å². The molecule has 204 valence electrons. The minimum absolute atomic E-state index is 0. The smallest absolute Gasteiger partial charge is 0.0620 e. The van der Waals surface area contributed by atoms with Crippen molar-refractivity contribution in [2.45, 2.75) is 0 Å². The average Bonchev–Trinajstić information content (AvgIpc) is 3.06. The molecule has 41 heavy (non-hydrogen) atoms. The average molecular weight is 661 g/mol. The molecule has 2 nitrogen and oxygen atoms in total. The third-order valence-electron chi connectivity index (χ3n) is 6.37. The number of nitrogens with zero attached hydrogens (tertiary/aromatic N) is 2. The van der Waals surface area contributed by atoms with Gasteiger partial charge >= 0.3 is 0 Å². The fourth-order valence-electron chi connectivity index (χ4n) is 4.63. The molecule has 6 rings (SSSR count). The van der Waals surface area contributed by atoms with Gasteiger partial charge in [0.2, 0.25) is 0 Å². The van der Waals surface area contributed by atoms with Crippen LogP contribution in [0.15, 0.2) is 182 Å². The number of hydrogen-bond acceptors (Lipinski definition) is 2. The van der Waals surface area contributed by atoms with Crippen LogP contribution in [0.5, 0.6) is 0 Å². The summed E-state index contributed by atoms with van der Waals surface area (Å²) in [4.78, 5) is 0. The first-order chi connectivity index (χ1) is 19.9. The Hall–Kier alpha value is -3.74. The van der Waals surface area contributed by atoms with Crippen molar-refractivity contribution in [2.75, 3.05) is 0 Å². The van der Waals surface area contributed by atoms with Gasteiger partial charge in [0.1, 0.15) is 31.8 Å². The minimum atomic E-state index is -0.877. The van der Waals surface area contributed by atoms with Gasteiger partial charge in [-0.05, 0) is 72.8 Å². The molecule has 6 aromatic carbocycles. The molecule has 0 heterocycles. The van der Waals surface area contributed by atoms with Crippen molar-refractivity contribution < 1.29 is 20.4 Å². The summed E-state index contributed by atoms with van der Waals surface area (Å²) < 4.78 is 0. The van der Waals surface area contributed by atoms with Gasteiger partial charge < -0.3 is 0 Å². The number of hydrogen-bond donors (Lipinski definition) is 0. The molecule has 0 aliphatic heterocycles. The van der Waals surface area contributed by atoms with Gasteiger partial charge in [0, 0.05) is 31.2 Å². The summed E-state index contributed by atoms with van der Waals surface area (Å²) in [5.41, 5.74) is 0. The summed E-state index contributed by atoms with van der Waals surface area (Å²) >= 11 is 0. The van der Waals surface area contributed by atoms with Gasteiger partial charge in [0.25, 0.3) is 0 Å². The van der Waals surface area contributed by atoms with E-state index < -0.39 is 15.8 Å². The van der Waals surface area contributed by atoms with Crippen molar-refractivity contribution in [1.29, 1.82) is 10.8 Å². The van der Waals surface area contributed by atoms with Crippen LogP contribution in [-0.4, -0.2) is 0 Å². The van der Waals surface area contributed by atoms with E-state index in [9.17, 15) is 0 Å². The Morgan fingerprint density at radius 2 is 0.366 bits per heavy atom. The quantitative estimate of drug-likeness (QED) is 0.118. The van der Waals surface area contributed by atoms with Gasteiger partial charge in [0.15, 0.2) is 0 Å². The monoisotopic (exact) mass is 660 g/mol. The Morgan fingerprint density at radius 1 is 0.244 bits per heavy atom. The second kappa shape index (κ2) is 17.8. The molecule has 0 amide bonds. The zero-order chi connectivity index (χ0) is 27.8. The van der Waals surface area contributed by atoms with Crippen LogP contribution in [0.2, 0.25) is 0 Å². The molecular weight excluding hydrogens is 629 g/mol. The summed E-state index contributed by atoms with van der Waals surface area (Å²) in [6, 6.07) is 65.0. The van der Waals surface area contributed by atoms with Gasteiger partial charge in [-0.25, -0.2) is 0 Å². The molecule has 0 spiro atoms. The first kappa shape index (κ1) is 31.8. The predicted octanol–water partition coefficient (Wildman–Crippen LogP) is 6.38. The molecule has 0 aliphatic carbocycles. The summed E-state index contributed by atoms with van der Waals surface area (Å²) in [6.07, 6.45) is 0. The van der Waals surface area contributed by atoms with Crippen molar-refractivity contribution in [3.05, 3.63) is 182 Å². The number of rotatable bonds is 6. The van der Waals surface area contributed by atoms with E-state index in [1.165, 1.54) is 31.8 Å². The summed E-state index contributed by atoms with van der Waals surface area (Å²) in [7, 11) is -1.75. The number of benzene rings is 6. The van der Waals surface area contributed by atoms with Crippen molar-refractivity contribution in [2.24, 2.45) is 0 Å². The van der Waals surface area contributed by atoms with Gasteiger partial charge in [-0.1, -0.05) is 109 Å². The molecule has 0 saturated heterocycles. The van der Waals surface area contributed by atoms with Crippen molar-refractivity contribution >= 4 is 47.7 Å². The van der Waals surface area contributed by atoms with Crippen LogP contribution in [0.3, 0.4) is 0 Å². The zero-order valence-corrected chi connectivity index (χ0v) is 26.1. The molecule has 0 radical (unpaired) electrons. The standard InChI is InChI=1S/2C18H15P.N2.Pd/c2*1-4-10-16(11-5-1)19(17-12-6-2-7-13-17)18-14-8-3-9-15-18;1-2;/h2*1-15H;;/p+2. The maximum Gasteiger partial charge on any atom is 0.102 e. The van der Waals surface area contributed by atoms with Crippen molar-refractivity contribution in [3.63, 3.8) is 0 Å². The van der Waals surface area contributed by atoms with E-state index in [1.54, 1.807) is 0 Å². The Labute approximate surface area is 259 Å². The zero-order valence-electron chi connectivity index (χ0n) is 22.5. The molecule has 5 heteroatoms. The molecule has 0 aromatic heterocycles. The normalized spacial score (nSPS) is 9.85. The van der Waals surface area contributed by atoms with Crippen LogP contribution in [0.4, 0.5) is 0 Å². The third kappa shape index (κ3) is 9.14. The minimum Gasteiger partial charge on any atom is -0.0620 e. The second-order valence-electron chi connectivity index (χ2n) is 8.95. The van der Waals surface area contributed by atoms with E-state index in [1.807, 2.05) is 0 Å². The van der Waals surface area contributed by atoms with Crippen molar-refractivity contribution in [1.82, 2.24) is 0 Å². The van der Waals surface area contributed by atoms with Gasteiger partial charge in [-0.15, -0.1) is 0 Å². The van der Waals surface area contributed by atoms with E-state index in [-0.39, 0.29) is 20.4 Å². The molecule has 0 saturated carbocycles. The van der Waals surface area contributed by atoms with E-state index >= 15 is 0 Å². The largest absolute Gasteiger partial charge is 0.102 e. The molecule has 0 fully saturated rings. The fraction of sp³-hybridized carbons (Fsp3) is 0. The van der Waals surface area contributed by atoms with Crippen LogP contribution >= 0.6 is 15.8 Å². The third-order valence-corrected chi connectivity index (χ3v) is 11.8. The Morgan fingerprint density at radius 3 is 0.488 bits per heavy atom. The van der Waals surface area contributed by atoms with Gasteiger partial charge in [0.05, 0.1) is 15.8 Å². The van der Waals surface area contributed by atoms with Crippen LogP contribution in [0, 0.1) is 10.8 Å². The van der Waals surface area contributed by atoms with Crippen molar-refractivity contribution in [3.8, 4) is 0 Å². The topological polar surface area (TPSA) is 47.6 Å². The summed E-state index contributed by atoms with van der Waals surface area (Å²) in [5.74, 6) is 0. The van der Waals surface area contributed by atoms with E-state index in [4.69, 9.17) is 10.8 Å².